The van der Waals surface area contributed by atoms with Crippen LogP contribution in [0.25, 0.3) is 0 Å². The Morgan fingerprint density at radius 2 is 1.67 bits per heavy atom. The molecule has 11 heteroatoms. The Bertz CT molecular complexity index is 1770. The van der Waals surface area contributed by atoms with Crippen molar-refractivity contribution >= 4 is 40.5 Å². The van der Waals surface area contributed by atoms with Crippen LogP contribution in [0, 0.1) is 26.6 Å². The average Bonchev–Trinajstić information content (AvgIpc) is 3.06. The van der Waals surface area contributed by atoms with Crippen LogP contribution >= 0.6 is 0 Å². The van der Waals surface area contributed by atoms with Gasteiger partial charge in [-0.2, -0.15) is 0 Å². The molecule has 0 aromatic heterocycles. The van der Waals surface area contributed by atoms with Crippen LogP contribution in [0.4, 0.5) is 26.2 Å². The number of allylic oxidation sites excluding steroid dienone is 2. The second-order valence-electron chi connectivity index (χ2n) is 11.8. The third-order valence-corrected chi connectivity index (χ3v) is 7.96. The van der Waals surface area contributed by atoms with Crippen molar-refractivity contribution in [3.63, 3.8) is 0 Å². The van der Waals surface area contributed by atoms with E-state index in [9.17, 15) is 23.9 Å². The second-order valence-corrected chi connectivity index (χ2v) is 11.8. The summed E-state index contributed by atoms with van der Waals surface area (Å²) in [5, 5.41) is 17.5. The van der Waals surface area contributed by atoms with E-state index in [0.717, 1.165) is 35.2 Å². The zero-order chi connectivity index (χ0) is 35.5. The predicted octanol–water partition coefficient (Wildman–Crippen LogP) is 6.57. The van der Waals surface area contributed by atoms with Gasteiger partial charge in [-0.15, -0.1) is 0 Å². The molecule has 1 aliphatic carbocycles. The molecule has 1 atom stereocenters. The number of ketones is 1. The summed E-state index contributed by atoms with van der Waals surface area (Å²) in [5.74, 6) is -0.847. The first kappa shape index (κ1) is 36.5. The van der Waals surface area contributed by atoms with Crippen LogP contribution in [0.2, 0.25) is 0 Å². The number of ether oxygens (including phenoxy) is 1. The SMILES string of the molecule is CCCCC(Oc1ccc(C)cc1C)C(=O)NC1=CC(=O)C(NC(=O)Nc2ccc(F)cc2)=CC1=Nc1ccc(N(CC)CCO)cc1C. The monoisotopic (exact) mass is 669 g/mol. The standard InChI is InChI=1S/C38H44FN5O5/c1-6-8-9-36(49-35-17-10-24(3)20-26(35)5)37(47)42-32-23-34(46)33(43-38(48)40-28-13-11-27(39)12-14-28)22-31(32)41-30-16-15-29(21-25(30)4)44(7-2)18-19-45/h10-17,20-23,36,45H,6-9,18-19H2,1-5H3,(H,42,47)(H2,40,43,48). The zero-order valence-corrected chi connectivity index (χ0v) is 28.6. The summed E-state index contributed by atoms with van der Waals surface area (Å²) in [5.41, 5.74) is 4.95. The molecule has 4 rings (SSSR count). The molecule has 0 aliphatic heterocycles. The quantitative estimate of drug-likeness (QED) is 0.144. The number of aryl methyl sites for hydroxylation is 3. The van der Waals surface area contributed by atoms with E-state index in [0.29, 0.717) is 36.6 Å². The van der Waals surface area contributed by atoms with E-state index in [-0.39, 0.29) is 23.7 Å². The highest BCUT2D eigenvalue weighted by molar-refractivity contribution is 6.24. The lowest BCUT2D eigenvalue weighted by Crippen LogP contribution is -2.41. The number of carbonyl (C=O) groups is 3. The van der Waals surface area contributed by atoms with Crippen LogP contribution in [-0.2, 0) is 9.59 Å². The first-order valence-corrected chi connectivity index (χ1v) is 16.4. The molecule has 10 nitrogen and oxygen atoms in total. The second kappa shape index (κ2) is 17.2. The maximum atomic E-state index is 13.8. The minimum absolute atomic E-state index is 0.0145. The van der Waals surface area contributed by atoms with E-state index in [1.807, 2.05) is 75.9 Å². The number of amides is 3. The molecule has 3 aromatic rings. The number of nitrogens with one attached hydrogen (secondary N) is 3. The van der Waals surface area contributed by atoms with Gasteiger partial charge in [0.05, 0.1) is 29.4 Å². The van der Waals surface area contributed by atoms with Crippen molar-refractivity contribution in [2.45, 2.75) is 60.0 Å². The number of hydrogen-bond donors (Lipinski definition) is 4. The highest BCUT2D eigenvalue weighted by Crippen LogP contribution is 2.27. The number of anilines is 2. The number of carbonyl (C=O) groups excluding carboxylic acids is 3. The number of halogens is 1. The van der Waals surface area contributed by atoms with Gasteiger partial charge in [0.25, 0.3) is 5.91 Å². The maximum absolute atomic E-state index is 13.8. The van der Waals surface area contributed by atoms with Gasteiger partial charge in [-0.1, -0.05) is 31.0 Å². The van der Waals surface area contributed by atoms with Gasteiger partial charge in [0.2, 0.25) is 5.78 Å². The number of nitrogens with zero attached hydrogens (tertiary/aromatic N) is 2. The van der Waals surface area contributed by atoms with Crippen LogP contribution in [0.5, 0.6) is 5.75 Å². The number of aliphatic imine (C=N–C) groups is 1. The molecule has 4 N–H and O–H groups in total. The molecule has 0 fully saturated rings. The van der Waals surface area contributed by atoms with Gasteiger partial charge < -0.3 is 30.7 Å². The lowest BCUT2D eigenvalue weighted by Gasteiger charge is -2.23. The summed E-state index contributed by atoms with van der Waals surface area (Å²) in [6, 6.07) is 15.9. The number of likely N-dealkylation sites (N-methyl/N-ethyl adjacent to an activating group) is 1. The van der Waals surface area contributed by atoms with Gasteiger partial charge in [-0.3, -0.25) is 9.59 Å². The lowest BCUT2D eigenvalue weighted by atomic mass is 10.0. The third-order valence-electron chi connectivity index (χ3n) is 7.96. The van der Waals surface area contributed by atoms with E-state index in [1.54, 1.807) is 0 Å². The lowest BCUT2D eigenvalue weighted by molar-refractivity contribution is -0.127. The molecule has 1 unspecified atom stereocenters. The fraction of sp³-hybridized carbons (Fsp3) is 0.316. The van der Waals surface area contributed by atoms with E-state index in [1.165, 1.54) is 36.4 Å². The fourth-order valence-corrected chi connectivity index (χ4v) is 5.29. The van der Waals surface area contributed by atoms with Crippen molar-refractivity contribution in [1.29, 1.82) is 0 Å². The average molecular weight is 670 g/mol. The normalized spacial score (nSPS) is 14.1. The largest absolute Gasteiger partial charge is 0.480 e. The summed E-state index contributed by atoms with van der Waals surface area (Å²) in [4.78, 5) is 46.7. The Hall–Kier alpha value is -5.29. The Morgan fingerprint density at radius 3 is 2.33 bits per heavy atom. The first-order valence-electron chi connectivity index (χ1n) is 16.4. The molecule has 49 heavy (non-hydrogen) atoms. The number of urea groups is 1. The number of aliphatic hydroxyl groups excluding tert-OH is 1. The Kier molecular flexibility index (Phi) is 12.8. The van der Waals surface area contributed by atoms with Crippen LogP contribution in [-0.4, -0.2) is 54.3 Å². The van der Waals surface area contributed by atoms with Gasteiger partial charge in [-0.25, -0.2) is 14.2 Å². The van der Waals surface area contributed by atoms with Crippen LogP contribution in [0.3, 0.4) is 0 Å². The van der Waals surface area contributed by atoms with Crippen molar-refractivity contribution < 1.29 is 28.6 Å². The molecule has 0 radical (unpaired) electrons. The van der Waals surface area contributed by atoms with Gasteiger partial charge in [0.1, 0.15) is 11.6 Å². The van der Waals surface area contributed by atoms with Crippen LogP contribution < -0.4 is 25.6 Å². The van der Waals surface area contributed by atoms with Crippen molar-refractivity contribution in [2.75, 3.05) is 29.9 Å². The van der Waals surface area contributed by atoms with Gasteiger partial charge >= 0.3 is 6.03 Å². The number of rotatable bonds is 14. The van der Waals surface area contributed by atoms with Crippen LogP contribution in [0.1, 0.15) is 49.8 Å². The van der Waals surface area contributed by atoms with Crippen molar-refractivity contribution in [2.24, 2.45) is 4.99 Å². The maximum Gasteiger partial charge on any atom is 0.323 e. The van der Waals surface area contributed by atoms with Crippen LogP contribution in [0.15, 0.2) is 89.2 Å². The number of unbranched alkanes of at least 4 members (excludes halogenated alkanes) is 1. The molecule has 0 bridgehead atoms. The summed E-state index contributed by atoms with van der Waals surface area (Å²) < 4.78 is 19.6. The highest BCUT2D eigenvalue weighted by Gasteiger charge is 2.27. The van der Waals surface area contributed by atoms with Gasteiger partial charge in [0, 0.05) is 30.5 Å². The van der Waals surface area contributed by atoms with Crippen molar-refractivity contribution in [1.82, 2.24) is 10.6 Å². The molecule has 0 saturated carbocycles. The summed E-state index contributed by atoms with van der Waals surface area (Å²) in [6.07, 6.45) is 3.85. The molecular formula is C38H44FN5O5. The molecule has 258 valence electrons. The third kappa shape index (κ3) is 10.1. The topological polar surface area (TPSA) is 132 Å². The molecule has 1 aliphatic rings. The number of hydrogen-bond acceptors (Lipinski definition) is 7. The Balaban J connectivity index is 1.66. The minimum atomic E-state index is -0.837. The van der Waals surface area contributed by atoms with Crippen molar-refractivity contribution in [3.8, 4) is 5.75 Å². The Labute approximate surface area is 286 Å². The minimum Gasteiger partial charge on any atom is -0.480 e. The van der Waals surface area contributed by atoms with E-state index < -0.39 is 29.6 Å². The fourth-order valence-electron chi connectivity index (χ4n) is 5.29. The highest BCUT2D eigenvalue weighted by atomic mass is 19.1. The summed E-state index contributed by atoms with van der Waals surface area (Å²) >= 11 is 0. The van der Waals surface area contributed by atoms with E-state index in [4.69, 9.17) is 9.73 Å². The number of benzene rings is 3. The molecule has 3 aromatic carbocycles. The molecule has 0 spiro atoms. The van der Waals surface area contributed by atoms with Crippen molar-refractivity contribution in [3.05, 3.63) is 107 Å². The summed E-state index contributed by atoms with van der Waals surface area (Å²) in [6.45, 7) is 11.0. The molecule has 3 amide bonds. The summed E-state index contributed by atoms with van der Waals surface area (Å²) in [7, 11) is 0. The molecular weight excluding hydrogens is 625 g/mol. The Morgan fingerprint density at radius 1 is 0.918 bits per heavy atom. The zero-order valence-electron chi connectivity index (χ0n) is 28.6. The molecule has 0 saturated heterocycles. The first-order chi connectivity index (χ1) is 23.5. The van der Waals surface area contributed by atoms with E-state index in [2.05, 4.69) is 16.0 Å². The van der Waals surface area contributed by atoms with Gasteiger partial charge in [0.15, 0.2) is 6.10 Å². The van der Waals surface area contributed by atoms with E-state index >= 15 is 0 Å². The number of aliphatic hydroxyl groups is 1. The smallest absolute Gasteiger partial charge is 0.323 e. The predicted molar refractivity (Wildman–Crippen MR) is 191 cm³/mol. The van der Waals surface area contributed by atoms with Gasteiger partial charge in [-0.05, 0) is 106 Å². The molecule has 0 heterocycles.